The van der Waals surface area contributed by atoms with Crippen molar-refractivity contribution in [1.29, 1.82) is 0 Å². The minimum Gasteiger partial charge on any atom is -0.497 e. The highest BCUT2D eigenvalue weighted by molar-refractivity contribution is 7.99. The van der Waals surface area contributed by atoms with E-state index in [4.69, 9.17) is 9.47 Å². The van der Waals surface area contributed by atoms with E-state index in [1.54, 1.807) is 14.2 Å². The van der Waals surface area contributed by atoms with Gasteiger partial charge in [-0.15, -0.1) is 0 Å². The lowest BCUT2D eigenvalue weighted by Gasteiger charge is -2.40. The average molecular weight is 309 g/mol. The summed E-state index contributed by atoms with van der Waals surface area (Å²) in [6, 6.07) is 6.83. The molecule has 3 nitrogen and oxygen atoms in total. The third kappa shape index (κ3) is 3.86. The van der Waals surface area contributed by atoms with Gasteiger partial charge in [0.1, 0.15) is 11.5 Å². The summed E-state index contributed by atoms with van der Waals surface area (Å²) in [6.45, 7) is 6.93. The highest BCUT2D eigenvalue weighted by Crippen LogP contribution is 2.36. The van der Waals surface area contributed by atoms with Crippen LogP contribution in [0.1, 0.15) is 38.8 Å². The van der Waals surface area contributed by atoms with Gasteiger partial charge in [0.2, 0.25) is 0 Å². The second kappa shape index (κ2) is 6.93. The van der Waals surface area contributed by atoms with E-state index in [-0.39, 0.29) is 6.04 Å². The molecule has 0 spiro atoms. The van der Waals surface area contributed by atoms with Crippen molar-refractivity contribution >= 4 is 11.8 Å². The first-order chi connectivity index (χ1) is 9.97. The molecule has 2 atom stereocenters. The minimum atomic E-state index is 0.258. The molecule has 0 bridgehead atoms. The second-order valence-corrected chi connectivity index (χ2v) is 7.51. The van der Waals surface area contributed by atoms with E-state index in [1.807, 2.05) is 23.9 Å². The van der Waals surface area contributed by atoms with Crippen LogP contribution < -0.4 is 14.8 Å². The molecule has 21 heavy (non-hydrogen) atoms. The first-order valence-electron chi connectivity index (χ1n) is 7.53. The molecule has 4 heteroatoms. The van der Waals surface area contributed by atoms with Crippen LogP contribution in [-0.2, 0) is 0 Å². The van der Waals surface area contributed by atoms with Gasteiger partial charge >= 0.3 is 0 Å². The normalized spacial score (nSPS) is 22.6. The van der Waals surface area contributed by atoms with Crippen molar-refractivity contribution in [3.05, 3.63) is 23.8 Å². The second-order valence-electron chi connectivity index (χ2n) is 6.36. The molecule has 1 aliphatic rings. The molecule has 1 fully saturated rings. The van der Waals surface area contributed by atoms with Crippen LogP contribution in [0.3, 0.4) is 0 Å². The van der Waals surface area contributed by atoms with Crippen LogP contribution in [0.5, 0.6) is 11.5 Å². The highest BCUT2D eigenvalue weighted by Gasteiger charge is 2.33. The smallest absolute Gasteiger partial charge is 0.127 e. The molecule has 2 rings (SSSR count). The Bertz CT molecular complexity index is 476. The average Bonchev–Trinajstić information content (AvgIpc) is 2.48. The topological polar surface area (TPSA) is 30.5 Å². The van der Waals surface area contributed by atoms with Gasteiger partial charge in [0.15, 0.2) is 0 Å². The molecule has 0 aromatic heterocycles. The van der Waals surface area contributed by atoms with Crippen molar-refractivity contribution in [3.8, 4) is 11.5 Å². The van der Waals surface area contributed by atoms with Crippen LogP contribution in [0, 0.1) is 5.41 Å². The zero-order valence-electron chi connectivity index (χ0n) is 13.7. The standard InChI is InChI=1S/C17H27NO2S/c1-12(18-16-11-21-9-8-17(16,2)3)14-7-6-13(19-4)10-15(14)20-5/h6-7,10,12,16,18H,8-9,11H2,1-5H3. The molecule has 2 unspecified atom stereocenters. The quantitative estimate of drug-likeness (QED) is 0.894. The fraction of sp³-hybridized carbons (Fsp3) is 0.647. The number of hydrogen-bond acceptors (Lipinski definition) is 4. The third-order valence-electron chi connectivity index (χ3n) is 4.48. The fourth-order valence-electron chi connectivity index (χ4n) is 2.78. The summed E-state index contributed by atoms with van der Waals surface area (Å²) >= 11 is 2.04. The van der Waals surface area contributed by atoms with Crippen molar-refractivity contribution in [2.75, 3.05) is 25.7 Å². The van der Waals surface area contributed by atoms with E-state index in [0.717, 1.165) is 11.5 Å². The van der Waals surface area contributed by atoms with E-state index in [9.17, 15) is 0 Å². The van der Waals surface area contributed by atoms with Gasteiger partial charge in [0.25, 0.3) is 0 Å². The summed E-state index contributed by atoms with van der Waals surface area (Å²) in [5.74, 6) is 4.16. The van der Waals surface area contributed by atoms with Crippen LogP contribution in [0.25, 0.3) is 0 Å². The van der Waals surface area contributed by atoms with Crippen LogP contribution >= 0.6 is 11.8 Å². The van der Waals surface area contributed by atoms with Gasteiger partial charge in [-0.05, 0) is 30.6 Å². The van der Waals surface area contributed by atoms with E-state index < -0.39 is 0 Å². The van der Waals surface area contributed by atoms with Gasteiger partial charge < -0.3 is 14.8 Å². The largest absolute Gasteiger partial charge is 0.497 e. The van der Waals surface area contributed by atoms with Crippen LogP contribution in [0.4, 0.5) is 0 Å². The lowest BCUT2D eigenvalue weighted by atomic mass is 9.81. The lowest BCUT2D eigenvalue weighted by molar-refractivity contribution is 0.230. The number of methoxy groups -OCH3 is 2. The van der Waals surface area contributed by atoms with E-state index >= 15 is 0 Å². The molecule has 1 saturated heterocycles. The first-order valence-corrected chi connectivity index (χ1v) is 8.69. The summed E-state index contributed by atoms with van der Waals surface area (Å²) in [7, 11) is 3.39. The Balaban J connectivity index is 2.14. The lowest BCUT2D eigenvalue weighted by Crippen LogP contribution is -2.47. The number of ether oxygens (including phenoxy) is 2. The van der Waals surface area contributed by atoms with Gasteiger partial charge in [-0.2, -0.15) is 11.8 Å². The molecular formula is C17H27NO2S. The first kappa shape index (κ1) is 16.5. The maximum atomic E-state index is 5.52. The van der Waals surface area contributed by atoms with Gasteiger partial charge in [0.05, 0.1) is 14.2 Å². The monoisotopic (exact) mass is 309 g/mol. The van der Waals surface area contributed by atoms with Crippen LogP contribution in [0.15, 0.2) is 18.2 Å². The summed E-state index contributed by atoms with van der Waals surface area (Å²) in [4.78, 5) is 0. The van der Waals surface area contributed by atoms with Crippen LogP contribution in [0.2, 0.25) is 0 Å². The molecule has 118 valence electrons. The van der Waals surface area contributed by atoms with E-state index in [2.05, 4.69) is 32.2 Å². The predicted molar refractivity (Wildman–Crippen MR) is 90.6 cm³/mol. The molecule has 0 saturated carbocycles. The maximum Gasteiger partial charge on any atom is 0.127 e. The molecule has 1 N–H and O–H groups in total. The summed E-state index contributed by atoms with van der Waals surface area (Å²) in [5.41, 5.74) is 1.53. The van der Waals surface area contributed by atoms with Gasteiger partial charge in [-0.25, -0.2) is 0 Å². The van der Waals surface area contributed by atoms with Gasteiger partial charge in [0, 0.05) is 29.5 Å². The minimum absolute atomic E-state index is 0.258. The Hall–Kier alpha value is -0.870. The van der Waals surface area contributed by atoms with E-state index in [0.29, 0.717) is 11.5 Å². The molecular weight excluding hydrogens is 282 g/mol. The van der Waals surface area contributed by atoms with Gasteiger partial charge in [-0.3, -0.25) is 0 Å². The van der Waals surface area contributed by atoms with Crippen molar-refractivity contribution in [2.45, 2.75) is 39.3 Å². The van der Waals surface area contributed by atoms with Crippen LogP contribution in [-0.4, -0.2) is 31.8 Å². The summed E-state index contributed by atoms with van der Waals surface area (Å²) in [6.07, 6.45) is 1.27. The number of nitrogens with one attached hydrogen (secondary N) is 1. The number of thioether (sulfide) groups is 1. The molecule has 1 aromatic carbocycles. The zero-order valence-corrected chi connectivity index (χ0v) is 14.5. The van der Waals surface area contributed by atoms with Crippen molar-refractivity contribution in [3.63, 3.8) is 0 Å². The zero-order chi connectivity index (χ0) is 15.5. The number of hydrogen-bond donors (Lipinski definition) is 1. The molecule has 0 radical (unpaired) electrons. The Kier molecular flexibility index (Phi) is 5.44. The Labute approximate surface area is 132 Å². The Morgan fingerprint density at radius 1 is 1.29 bits per heavy atom. The van der Waals surface area contributed by atoms with Crippen molar-refractivity contribution in [2.24, 2.45) is 5.41 Å². The van der Waals surface area contributed by atoms with Crippen molar-refractivity contribution in [1.82, 2.24) is 5.32 Å². The van der Waals surface area contributed by atoms with Crippen molar-refractivity contribution < 1.29 is 9.47 Å². The Morgan fingerprint density at radius 3 is 2.67 bits per heavy atom. The maximum absolute atomic E-state index is 5.52. The molecule has 0 aliphatic carbocycles. The van der Waals surface area contributed by atoms with E-state index in [1.165, 1.54) is 23.5 Å². The highest BCUT2D eigenvalue weighted by atomic mass is 32.2. The Morgan fingerprint density at radius 2 is 2.05 bits per heavy atom. The van der Waals surface area contributed by atoms with Gasteiger partial charge in [-0.1, -0.05) is 19.9 Å². The molecule has 1 aliphatic heterocycles. The SMILES string of the molecule is COc1ccc(C(C)NC2CSCCC2(C)C)c(OC)c1. The molecule has 1 aromatic rings. The predicted octanol–water partition coefficient (Wildman–Crippen LogP) is 3.89. The number of rotatable bonds is 5. The summed E-state index contributed by atoms with van der Waals surface area (Å²) < 4.78 is 10.8. The fourth-order valence-corrected chi connectivity index (χ4v) is 4.40. The third-order valence-corrected chi connectivity index (χ3v) is 5.54. The number of benzene rings is 1. The summed E-state index contributed by atoms with van der Waals surface area (Å²) in [5, 5.41) is 3.80. The molecule has 0 amide bonds. The molecule has 1 heterocycles.